The van der Waals surface area contributed by atoms with Gasteiger partial charge in [0.1, 0.15) is 0 Å². The Labute approximate surface area is 272 Å². The fourth-order valence-corrected chi connectivity index (χ4v) is 7.10. The van der Waals surface area contributed by atoms with Crippen LogP contribution in [0.3, 0.4) is 0 Å². The highest BCUT2D eigenvalue weighted by Crippen LogP contribution is 2.52. The molecule has 222 valence electrons. The summed E-state index contributed by atoms with van der Waals surface area (Å²) in [7, 11) is 0. The number of allylic oxidation sites excluding steroid dienone is 8. The van der Waals surface area contributed by atoms with Gasteiger partial charge in [-0.1, -0.05) is 126 Å². The summed E-state index contributed by atoms with van der Waals surface area (Å²) in [6.07, 6.45) is 14.1. The number of nitrogens with zero attached hydrogens (tertiary/aromatic N) is 2. The highest BCUT2D eigenvalue weighted by Gasteiger charge is 2.38. The molecule has 0 saturated carbocycles. The Morgan fingerprint density at radius 3 is 1.63 bits per heavy atom. The molecule has 0 saturated heterocycles. The second-order valence-electron chi connectivity index (χ2n) is 12.3. The zero-order valence-electron chi connectivity index (χ0n) is 26.2. The van der Waals surface area contributed by atoms with E-state index in [0.717, 1.165) is 22.7 Å². The van der Waals surface area contributed by atoms with Crippen molar-refractivity contribution in [2.24, 2.45) is 11.8 Å². The number of aryl methyl sites for hydroxylation is 2. The molecule has 2 unspecified atom stereocenters. The Morgan fingerprint density at radius 1 is 0.478 bits per heavy atom. The van der Waals surface area contributed by atoms with Crippen LogP contribution >= 0.6 is 0 Å². The lowest BCUT2D eigenvalue weighted by Crippen LogP contribution is -2.30. The van der Waals surface area contributed by atoms with Crippen molar-refractivity contribution in [3.63, 3.8) is 0 Å². The Morgan fingerprint density at radius 2 is 1.00 bits per heavy atom. The van der Waals surface area contributed by atoms with Crippen molar-refractivity contribution in [2.75, 3.05) is 9.80 Å². The predicted molar refractivity (Wildman–Crippen MR) is 194 cm³/mol. The van der Waals surface area contributed by atoms with Crippen LogP contribution in [0.15, 0.2) is 181 Å². The molecule has 3 aliphatic carbocycles. The average Bonchev–Trinajstić information content (AvgIpc) is 3.11. The summed E-state index contributed by atoms with van der Waals surface area (Å²) >= 11 is 0. The van der Waals surface area contributed by atoms with Gasteiger partial charge in [0.05, 0.1) is 11.4 Å². The van der Waals surface area contributed by atoms with Gasteiger partial charge in [-0.25, -0.2) is 0 Å². The summed E-state index contributed by atoms with van der Waals surface area (Å²) in [6.45, 7) is 4.29. The van der Waals surface area contributed by atoms with Crippen LogP contribution < -0.4 is 9.80 Å². The van der Waals surface area contributed by atoms with E-state index in [2.05, 4.69) is 194 Å². The molecule has 2 heteroatoms. The van der Waals surface area contributed by atoms with Gasteiger partial charge in [-0.3, -0.25) is 0 Å². The summed E-state index contributed by atoms with van der Waals surface area (Å²) in [5.41, 5.74) is 14.8. The van der Waals surface area contributed by atoms with Gasteiger partial charge in [0.15, 0.2) is 0 Å². The Hall–Kier alpha value is -5.60. The van der Waals surface area contributed by atoms with Gasteiger partial charge < -0.3 is 9.80 Å². The van der Waals surface area contributed by atoms with Crippen LogP contribution in [0.25, 0.3) is 11.3 Å². The molecule has 5 aromatic carbocycles. The molecule has 2 nitrogen and oxygen atoms in total. The third-order valence-electron chi connectivity index (χ3n) is 9.34. The maximum absolute atomic E-state index is 2.52. The van der Waals surface area contributed by atoms with E-state index in [1.165, 1.54) is 44.8 Å². The van der Waals surface area contributed by atoms with Crippen LogP contribution in [0.1, 0.15) is 22.3 Å². The predicted octanol–water partition coefficient (Wildman–Crippen LogP) is 11.3. The fourth-order valence-electron chi connectivity index (χ4n) is 7.10. The first-order valence-electron chi connectivity index (χ1n) is 16.1. The molecule has 5 aromatic rings. The second-order valence-corrected chi connectivity index (χ2v) is 12.3. The third-order valence-corrected chi connectivity index (χ3v) is 9.34. The van der Waals surface area contributed by atoms with Crippen LogP contribution in [-0.4, -0.2) is 0 Å². The molecular formula is C44H36N2. The summed E-state index contributed by atoms with van der Waals surface area (Å²) < 4.78 is 0. The summed E-state index contributed by atoms with van der Waals surface area (Å²) in [5, 5.41) is 0. The monoisotopic (exact) mass is 592 g/mol. The van der Waals surface area contributed by atoms with Crippen LogP contribution in [0.4, 0.5) is 22.7 Å². The van der Waals surface area contributed by atoms with E-state index in [9.17, 15) is 0 Å². The van der Waals surface area contributed by atoms with Gasteiger partial charge in [0, 0.05) is 40.1 Å². The Kier molecular flexibility index (Phi) is 7.11. The first-order chi connectivity index (χ1) is 22.7. The molecule has 46 heavy (non-hydrogen) atoms. The molecule has 8 rings (SSSR count). The van der Waals surface area contributed by atoms with Gasteiger partial charge in [0.25, 0.3) is 0 Å². The quantitative estimate of drug-likeness (QED) is 0.193. The molecular weight excluding hydrogens is 556 g/mol. The van der Waals surface area contributed by atoms with Crippen molar-refractivity contribution in [1.82, 2.24) is 0 Å². The van der Waals surface area contributed by atoms with Crippen molar-refractivity contribution in [2.45, 2.75) is 13.8 Å². The van der Waals surface area contributed by atoms with Crippen molar-refractivity contribution >= 4 is 34.0 Å². The molecule has 0 heterocycles. The van der Waals surface area contributed by atoms with Gasteiger partial charge in [-0.2, -0.15) is 0 Å². The van der Waals surface area contributed by atoms with E-state index in [1.54, 1.807) is 0 Å². The molecule has 0 spiro atoms. The van der Waals surface area contributed by atoms with E-state index in [-0.39, 0.29) is 11.8 Å². The van der Waals surface area contributed by atoms with E-state index >= 15 is 0 Å². The Bertz CT molecular complexity index is 2040. The number of hydrogen-bond donors (Lipinski definition) is 0. The van der Waals surface area contributed by atoms with Crippen molar-refractivity contribution in [3.05, 3.63) is 203 Å². The smallest absolute Gasteiger partial charge is 0.0506 e. The van der Waals surface area contributed by atoms with Crippen LogP contribution in [-0.2, 0) is 0 Å². The average molecular weight is 593 g/mol. The SMILES string of the molecule is Cc1ccc(N(C2=CC3C(=CC(N(c4ccccc4)c4ccc(C)cc4)=C4C=CC=CC43)c3ccccc32)c2ccccc2)cc1. The van der Waals surface area contributed by atoms with E-state index in [4.69, 9.17) is 0 Å². The second kappa shape index (κ2) is 11.7. The van der Waals surface area contributed by atoms with Crippen LogP contribution in [0, 0.1) is 25.7 Å². The molecule has 0 N–H and O–H groups in total. The zero-order chi connectivity index (χ0) is 31.0. The number of fused-ring (bicyclic) bond motifs is 5. The van der Waals surface area contributed by atoms with Crippen molar-refractivity contribution in [1.29, 1.82) is 0 Å². The minimum atomic E-state index is 0.178. The first-order valence-corrected chi connectivity index (χ1v) is 16.1. The normalized spacial score (nSPS) is 17.8. The number of para-hydroxylation sites is 2. The van der Waals surface area contributed by atoms with Crippen molar-refractivity contribution < 1.29 is 0 Å². The zero-order valence-corrected chi connectivity index (χ0v) is 26.2. The minimum absolute atomic E-state index is 0.178. The van der Waals surface area contributed by atoms with Crippen LogP contribution in [0.5, 0.6) is 0 Å². The molecule has 0 bridgehead atoms. The molecule has 3 aliphatic rings. The maximum atomic E-state index is 2.52. The molecule has 0 aliphatic heterocycles. The topological polar surface area (TPSA) is 6.48 Å². The molecule has 0 aromatic heterocycles. The molecule has 0 radical (unpaired) electrons. The Balaban J connectivity index is 1.35. The fraction of sp³-hybridized carbons (Fsp3) is 0.0909. The van der Waals surface area contributed by atoms with Gasteiger partial charge in [-0.15, -0.1) is 0 Å². The van der Waals surface area contributed by atoms with E-state index < -0.39 is 0 Å². The van der Waals surface area contributed by atoms with E-state index in [0.29, 0.717) is 0 Å². The van der Waals surface area contributed by atoms with Crippen LogP contribution in [0.2, 0.25) is 0 Å². The maximum Gasteiger partial charge on any atom is 0.0506 e. The molecule has 2 atom stereocenters. The summed E-state index contributed by atoms with van der Waals surface area (Å²) in [4.78, 5) is 4.86. The number of benzene rings is 5. The van der Waals surface area contributed by atoms with Gasteiger partial charge >= 0.3 is 0 Å². The summed E-state index contributed by atoms with van der Waals surface area (Å²) in [6, 6.07) is 48.3. The lowest BCUT2D eigenvalue weighted by Gasteiger charge is -2.42. The van der Waals surface area contributed by atoms with Gasteiger partial charge in [0.2, 0.25) is 0 Å². The van der Waals surface area contributed by atoms with Gasteiger partial charge in [-0.05, 0) is 85.2 Å². The lowest BCUT2D eigenvalue weighted by atomic mass is 9.68. The largest absolute Gasteiger partial charge is 0.310 e. The highest BCUT2D eigenvalue weighted by molar-refractivity contribution is 5.97. The first kappa shape index (κ1) is 27.9. The number of rotatable bonds is 6. The number of anilines is 4. The summed E-state index contributed by atoms with van der Waals surface area (Å²) in [5.74, 6) is 0.368. The van der Waals surface area contributed by atoms with Crippen molar-refractivity contribution in [3.8, 4) is 0 Å². The molecule has 0 fully saturated rings. The highest BCUT2D eigenvalue weighted by atomic mass is 15.2. The lowest BCUT2D eigenvalue weighted by molar-refractivity contribution is 0.644. The van der Waals surface area contributed by atoms with E-state index in [1.807, 2.05) is 0 Å². The minimum Gasteiger partial charge on any atom is -0.310 e. The molecule has 0 amide bonds. The standard InChI is InChI=1S/C44H36N2/c1-31-21-25-35(26-22-31)45(33-13-5-3-6-14-33)43-29-41-38-18-10-12-20-40(38)44(30-42(41)37-17-9-11-19-39(37)43)46(34-15-7-4-8-16-34)36-27-23-32(2)24-28-36/h3-30,37,42H,1-2H3. The number of hydrogen-bond acceptors (Lipinski definition) is 2. The third kappa shape index (κ3) is 4.93.